The molecule has 0 aliphatic carbocycles. The normalized spacial score (nSPS) is 35.2. The maximum absolute atomic E-state index is 12.2. The van der Waals surface area contributed by atoms with Crippen LogP contribution in [0.1, 0.15) is 54.0 Å². The molecular weight excluding hydrogens is 988 g/mol. The molecule has 11 heterocycles. The number of aromatic amines is 1. The van der Waals surface area contributed by atoms with Crippen molar-refractivity contribution in [1.82, 2.24) is 14.1 Å². The van der Waals surface area contributed by atoms with E-state index in [4.69, 9.17) is 68.4 Å². The smallest absolute Gasteiger partial charge is 0.303 e. The molecule has 6 N–H and O–H groups in total. The Balaban J connectivity index is 0.000000132. The molecule has 0 radical (unpaired) electrons. The van der Waals surface area contributed by atoms with Crippen molar-refractivity contribution in [2.45, 2.75) is 151 Å². The number of nitrogens with one attached hydrogen (secondary N) is 4. The number of H-pyrrole nitrogens is 1. The van der Waals surface area contributed by atoms with E-state index in [9.17, 15) is 34.2 Å². The average molecular weight is 1050 g/mol. The summed E-state index contributed by atoms with van der Waals surface area (Å²) < 4.78 is 69.4. The van der Waals surface area contributed by atoms with Gasteiger partial charge in [0.15, 0.2) is 48.8 Å². The van der Waals surface area contributed by atoms with Crippen LogP contribution < -0.4 is 32.6 Å². The maximum Gasteiger partial charge on any atom is 0.303 e. The summed E-state index contributed by atoms with van der Waals surface area (Å²) >= 11 is 5.77. The number of halogens is 1. The number of rotatable bonds is 8. The fourth-order valence-corrected chi connectivity index (χ4v) is 10.0. The van der Waals surface area contributed by atoms with Crippen molar-refractivity contribution in [3.05, 3.63) is 85.7 Å². The van der Waals surface area contributed by atoms with Gasteiger partial charge in [-0.15, -0.1) is 11.6 Å². The lowest BCUT2D eigenvalue weighted by Gasteiger charge is -2.27. The molecule has 3 aromatic rings. The van der Waals surface area contributed by atoms with Crippen molar-refractivity contribution in [1.29, 1.82) is 0 Å². The number of aliphatic hydroxyl groups excluding tert-OH is 2. The lowest BCUT2D eigenvalue weighted by atomic mass is 10.1. The van der Waals surface area contributed by atoms with Gasteiger partial charge in [-0.1, -0.05) is 18.2 Å². The third-order valence-corrected chi connectivity index (χ3v) is 13.1. The van der Waals surface area contributed by atoms with Crippen molar-refractivity contribution >= 4 is 41.0 Å². The highest BCUT2D eigenvalue weighted by atomic mass is 35.5. The van der Waals surface area contributed by atoms with Crippen molar-refractivity contribution in [2.75, 3.05) is 55.7 Å². The molecule has 4 unspecified atom stereocenters. The highest BCUT2D eigenvalue weighted by Crippen LogP contribution is 2.41. The number of aromatic nitrogens is 3. The Kier molecular flexibility index (Phi) is 16.7. The number of fused-ring (bicyclic) bond motifs is 10. The van der Waals surface area contributed by atoms with Crippen LogP contribution in [0.4, 0.5) is 17.5 Å². The van der Waals surface area contributed by atoms with Gasteiger partial charge in [-0.05, 0) is 45.9 Å². The molecule has 3 aromatic heterocycles. The van der Waals surface area contributed by atoms with Crippen LogP contribution in [0.15, 0.2) is 69.0 Å². The van der Waals surface area contributed by atoms with Crippen molar-refractivity contribution < 1.29 is 76.6 Å². The number of carbonyl (C=O) groups excluding carboxylic acids is 2. The summed E-state index contributed by atoms with van der Waals surface area (Å²) in [6, 6.07) is 14.5. The van der Waals surface area contributed by atoms with Crippen molar-refractivity contribution in [3.8, 4) is 0 Å². The number of ether oxygens (including phenoxy) is 12. The molecule has 8 aliphatic heterocycles. The van der Waals surface area contributed by atoms with Gasteiger partial charge in [0.2, 0.25) is 5.56 Å². The van der Waals surface area contributed by atoms with Crippen LogP contribution in [-0.4, -0.2) is 173 Å². The molecule has 73 heavy (non-hydrogen) atoms. The number of methoxy groups -OCH3 is 2. The number of anilines is 3. The van der Waals surface area contributed by atoms with E-state index < -0.39 is 78.9 Å². The van der Waals surface area contributed by atoms with E-state index in [-0.39, 0.29) is 59.6 Å². The van der Waals surface area contributed by atoms with E-state index in [1.54, 1.807) is 50.6 Å². The van der Waals surface area contributed by atoms with Gasteiger partial charge < -0.3 is 88.0 Å². The number of carbonyl (C=O) groups is 2. The first-order valence-electron chi connectivity index (χ1n) is 23.7. The SMILES string of the molecule is CC(=O)OC1[C@@H](OC(C)=O)[C@H]2CNc3cccc(=O)n3[C@@H]1O2.CO[C@@H]1O[C@H](CCl)[C@@H]2OC(C)(C)OC12.CO[C@@H]1O[C@H](CNc2cccc(=O)[nH]2)[C@@H]2OC(C)(C)OC12.O=c1cccc2n1[C@@H]1O[C@H](CN2)[C@H](O)C1O. The molecule has 16 atom stereocenters. The predicted octanol–water partition coefficient (Wildman–Crippen LogP) is 0.722. The van der Waals surface area contributed by atoms with Gasteiger partial charge in [-0.3, -0.25) is 33.1 Å². The molecule has 8 aliphatic rings. The van der Waals surface area contributed by atoms with E-state index in [2.05, 4.69) is 20.9 Å². The minimum atomic E-state index is -1.06. The Labute approximate surface area is 423 Å². The fourth-order valence-electron chi connectivity index (χ4n) is 9.78. The van der Waals surface area contributed by atoms with Gasteiger partial charge in [0.1, 0.15) is 78.5 Å². The number of hydrogen-bond acceptors (Lipinski definition) is 22. The Morgan fingerprint density at radius 2 is 1.16 bits per heavy atom. The van der Waals surface area contributed by atoms with Gasteiger partial charge in [-0.25, -0.2) is 0 Å². The minimum absolute atomic E-state index is 0.118. The van der Waals surface area contributed by atoms with E-state index in [1.165, 1.54) is 41.2 Å². The molecular formula is C47H63ClN6O19. The van der Waals surface area contributed by atoms with Gasteiger partial charge >= 0.3 is 11.9 Å². The quantitative estimate of drug-likeness (QED) is 0.134. The van der Waals surface area contributed by atoms with E-state index in [0.717, 1.165) is 0 Å². The Morgan fingerprint density at radius 1 is 0.671 bits per heavy atom. The zero-order valence-corrected chi connectivity index (χ0v) is 42.1. The molecule has 11 rings (SSSR count). The number of alkyl halides is 1. The van der Waals surface area contributed by atoms with Gasteiger partial charge in [-0.2, -0.15) is 0 Å². The van der Waals surface area contributed by atoms with Crippen LogP contribution in [0.2, 0.25) is 0 Å². The summed E-state index contributed by atoms with van der Waals surface area (Å²) in [5, 5.41) is 28.7. The van der Waals surface area contributed by atoms with Crippen LogP contribution in [-0.2, 0) is 66.4 Å². The highest BCUT2D eigenvalue weighted by Gasteiger charge is 2.57. The van der Waals surface area contributed by atoms with E-state index in [0.29, 0.717) is 43.0 Å². The van der Waals surface area contributed by atoms with Crippen LogP contribution in [0.25, 0.3) is 0 Å². The number of esters is 2. The summed E-state index contributed by atoms with van der Waals surface area (Å²) in [4.78, 5) is 60.5. The van der Waals surface area contributed by atoms with Crippen molar-refractivity contribution in [3.63, 3.8) is 0 Å². The summed E-state index contributed by atoms with van der Waals surface area (Å²) in [5.41, 5.74) is -0.707. The van der Waals surface area contributed by atoms with Gasteiger partial charge in [0.05, 0.1) is 5.88 Å². The Hall–Kier alpha value is -5.00. The molecule has 4 bridgehead atoms. The van der Waals surface area contributed by atoms with Crippen molar-refractivity contribution in [2.24, 2.45) is 0 Å². The summed E-state index contributed by atoms with van der Waals surface area (Å²) in [7, 11) is 3.17. The monoisotopic (exact) mass is 1050 g/mol. The zero-order valence-electron chi connectivity index (χ0n) is 41.4. The molecule has 0 aromatic carbocycles. The van der Waals surface area contributed by atoms with Crippen LogP contribution in [0, 0.1) is 0 Å². The number of hydrogen-bond donors (Lipinski definition) is 6. The standard InChI is InChI=1S/C14H16N2O6.C14H20N2O5.C10H12N2O4.C9H15ClO4/c1-7(17)20-12-9-6-15-10-4-3-5-11(19)16(10)14(22-9)13(12)21-8(2)18;1-14(2)20-11-8(19-13(18-3)12(11)21-14)7-15-9-5-4-6-10(17)16-9;13-7-3-1-2-6-11-4-5-8(14)9(15)10(16-5)12(6)7;1-9(2)13-6-5(4-10)12-8(11-3)7(6)14-9/h3-5,9,12-15H,6H2,1-2H3;4-6,8,11-13H,7H2,1-3H3,(H2,15,16,17);1-3,5,8-11,14-15H,4H2;5-8H,4H2,1-3H3/t9-,12+,13?,14-;8-,11+,12?,13-;5-,8+,9?,10-;5-,6+,7?,8-/m1111/s1. The topological polar surface area (TPSA) is 298 Å². The molecule has 0 spiro atoms. The number of aliphatic hydroxyl groups is 2. The second kappa shape index (κ2) is 22.5. The van der Waals surface area contributed by atoms with Gasteiger partial charge in [0.25, 0.3) is 11.1 Å². The molecule has 0 amide bonds. The molecule has 6 fully saturated rings. The third-order valence-electron chi connectivity index (χ3n) is 12.8. The molecule has 402 valence electrons. The summed E-state index contributed by atoms with van der Waals surface area (Å²) in [6.07, 6.45) is -8.21. The molecule has 0 saturated carbocycles. The third kappa shape index (κ3) is 11.9. The molecule has 26 heteroatoms. The summed E-state index contributed by atoms with van der Waals surface area (Å²) in [5.74, 6) is -0.0466. The van der Waals surface area contributed by atoms with E-state index in [1.807, 2.05) is 27.7 Å². The second-order valence-corrected chi connectivity index (χ2v) is 19.2. The first kappa shape index (κ1) is 54.3. The molecule has 25 nitrogen and oxygen atoms in total. The lowest BCUT2D eigenvalue weighted by Crippen LogP contribution is -2.44. The second-order valence-electron chi connectivity index (χ2n) is 18.9. The lowest BCUT2D eigenvalue weighted by molar-refractivity contribution is -0.225. The Morgan fingerprint density at radius 3 is 1.71 bits per heavy atom. The maximum atomic E-state index is 12.2. The average Bonchev–Trinajstić information content (AvgIpc) is 4.09. The number of nitrogens with zero attached hydrogens (tertiary/aromatic N) is 2. The zero-order chi connectivity index (χ0) is 52.5. The minimum Gasteiger partial charge on any atom is -0.456 e. The van der Waals surface area contributed by atoms with E-state index >= 15 is 0 Å². The van der Waals surface area contributed by atoms with Crippen LogP contribution >= 0.6 is 11.6 Å². The molecule has 6 saturated heterocycles. The van der Waals surface area contributed by atoms with Crippen LogP contribution in [0.3, 0.4) is 0 Å². The predicted molar refractivity (Wildman–Crippen MR) is 255 cm³/mol. The fraction of sp³-hybridized carbons (Fsp3) is 0.638. The highest BCUT2D eigenvalue weighted by molar-refractivity contribution is 6.18. The van der Waals surface area contributed by atoms with Gasteiger partial charge in [0, 0.05) is 65.9 Å². The first-order chi connectivity index (χ1) is 34.7. The first-order valence-corrected chi connectivity index (χ1v) is 24.2. The summed E-state index contributed by atoms with van der Waals surface area (Å²) in [6.45, 7) is 11.2. The Bertz CT molecular complexity index is 2580. The largest absolute Gasteiger partial charge is 0.456 e. The van der Waals surface area contributed by atoms with Crippen LogP contribution in [0.5, 0.6) is 0 Å². The number of pyridine rings is 3.